The van der Waals surface area contributed by atoms with E-state index in [-0.39, 0.29) is 11.7 Å². The highest BCUT2D eigenvalue weighted by molar-refractivity contribution is 6.30. The van der Waals surface area contributed by atoms with Crippen molar-refractivity contribution in [3.05, 3.63) is 76.9 Å². The van der Waals surface area contributed by atoms with Crippen LogP contribution in [0, 0.1) is 5.82 Å². The van der Waals surface area contributed by atoms with Crippen LogP contribution < -0.4 is 0 Å². The maximum Gasteiger partial charge on any atom is 0.330 e. The summed E-state index contributed by atoms with van der Waals surface area (Å²) in [5.41, 5.74) is 4.30. The lowest BCUT2D eigenvalue weighted by molar-refractivity contribution is -0.137. The number of carbonyl (C=O) groups is 1. The molecular weight excluding hydrogens is 391 g/mol. The molecule has 29 heavy (non-hydrogen) atoms. The summed E-state index contributed by atoms with van der Waals surface area (Å²) < 4.78 is 20.1. The Balaban J connectivity index is 2.20. The average Bonchev–Trinajstić information content (AvgIpc) is 3.06. The molecule has 0 amide bonds. The van der Waals surface area contributed by atoms with Crippen LogP contribution in [0.1, 0.15) is 37.9 Å². The maximum atomic E-state index is 13.5. The number of halogens is 2. The Morgan fingerprint density at radius 2 is 1.93 bits per heavy atom. The first-order valence-corrected chi connectivity index (χ1v) is 9.78. The van der Waals surface area contributed by atoms with Gasteiger partial charge in [-0.1, -0.05) is 55.8 Å². The minimum atomic E-state index is -0.396. The van der Waals surface area contributed by atoms with Gasteiger partial charge in [-0.25, -0.2) is 13.7 Å². The van der Waals surface area contributed by atoms with E-state index in [2.05, 4.69) is 0 Å². The maximum absolute atomic E-state index is 13.5. The fraction of sp³-hybridized carbons (Fsp3) is 0.217. The summed E-state index contributed by atoms with van der Waals surface area (Å²) in [5, 5.41) is 5.23. The Labute approximate surface area is 174 Å². The fourth-order valence-corrected chi connectivity index (χ4v) is 3.31. The highest BCUT2D eigenvalue weighted by atomic mass is 35.5. The Morgan fingerprint density at radius 1 is 1.21 bits per heavy atom. The van der Waals surface area contributed by atoms with Gasteiger partial charge in [0.2, 0.25) is 0 Å². The first-order chi connectivity index (χ1) is 13.9. The van der Waals surface area contributed by atoms with E-state index in [0.717, 1.165) is 27.9 Å². The van der Waals surface area contributed by atoms with Crippen molar-refractivity contribution in [3.8, 4) is 11.1 Å². The molecule has 0 atom stereocenters. The number of benzene rings is 1. The number of carbonyl (C=O) groups excluding carboxylic acids is 1. The van der Waals surface area contributed by atoms with E-state index in [1.54, 1.807) is 41.8 Å². The molecule has 6 heteroatoms. The molecule has 0 aliphatic heterocycles. The lowest BCUT2D eigenvalue weighted by Crippen LogP contribution is -2.06. The fourth-order valence-electron chi connectivity index (χ4n) is 3.11. The number of allylic oxidation sites excluding steroid dienone is 2. The molecule has 1 aromatic carbocycles. The van der Waals surface area contributed by atoms with Crippen LogP contribution in [0.4, 0.5) is 4.39 Å². The van der Waals surface area contributed by atoms with Crippen LogP contribution in [-0.4, -0.2) is 22.2 Å². The summed E-state index contributed by atoms with van der Waals surface area (Å²) >= 11 is 6.34. The molecule has 0 N–H and O–H groups in total. The molecule has 0 radical (unpaired) electrons. The molecule has 0 aliphatic carbocycles. The lowest BCUT2D eigenvalue weighted by atomic mass is 9.94. The Kier molecular flexibility index (Phi) is 6.49. The molecule has 0 saturated carbocycles. The molecule has 150 valence electrons. The van der Waals surface area contributed by atoms with Gasteiger partial charge < -0.3 is 4.74 Å². The molecule has 3 aromatic rings. The number of aromatic nitrogens is 2. The summed E-state index contributed by atoms with van der Waals surface area (Å²) in [7, 11) is 0. The zero-order valence-corrected chi connectivity index (χ0v) is 17.3. The van der Waals surface area contributed by atoms with E-state index < -0.39 is 5.97 Å². The Morgan fingerprint density at radius 3 is 2.59 bits per heavy atom. The summed E-state index contributed by atoms with van der Waals surface area (Å²) in [6.07, 6.45) is 6.67. The van der Waals surface area contributed by atoms with E-state index >= 15 is 0 Å². The quantitative estimate of drug-likeness (QED) is 0.281. The second kappa shape index (κ2) is 9.05. The van der Waals surface area contributed by atoms with Gasteiger partial charge in [-0.3, -0.25) is 0 Å². The largest absolute Gasteiger partial charge is 0.463 e. The lowest BCUT2D eigenvalue weighted by Gasteiger charge is -2.16. The van der Waals surface area contributed by atoms with Gasteiger partial charge in [0.15, 0.2) is 0 Å². The van der Waals surface area contributed by atoms with E-state index in [1.807, 2.05) is 26.0 Å². The Bertz CT molecular complexity index is 1080. The topological polar surface area (TPSA) is 43.6 Å². The number of fused-ring (bicyclic) bond motifs is 1. The SMILES string of the molecule is CCOC(=O)/C=C/C=C/c1c(C(C)C)nn2c(Cl)ccc2c1-c1ccc(F)cc1. The molecule has 0 unspecified atom stereocenters. The monoisotopic (exact) mass is 412 g/mol. The summed E-state index contributed by atoms with van der Waals surface area (Å²) in [6, 6.07) is 10.0. The van der Waals surface area contributed by atoms with E-state index in [0.29, 0.717) is 11.8 Å². The highest BCUT2D eigenvalue weighted by Crippen LogP contribution is 2.35. The average molecular weight is 413 g/mol. The molecule has 2 heterocycles. The molecule has 0 fully saturated rings. The molecule has 3 rings (SSSR count). The van der Waals surface area contributed by atoms with Gasteiger partial charge in [0, 0.05) is 17.2 Å². The van der Waals surface area contributed by atoms with Crippen LogP contribution in [0.2, 0.25) is 5.15 Å². The molecule has 0 bridgehead atoms. The smallest absolute Gasteiger partial charge is 0.330 e. The van der Waals surface area contributed by atoms with Crippen molar-refractivity contribution < 1.29 is 13.9 Å². The van der Waals surface area contributed by atoms with Crippen LogP contribution in [-0.2, 0) is 9.53 Å². The predicted molar refractivity (Wildman–Crippen MR) is 114 cm³/mol. The third-order valence-electron chi connectivity index (χ3n) is 4.39. The first-order valence-electron chi connectivity index (χ1n) is 9.41. The third-order valence-corrected chi connectivity index (χ3v) is 4.68. The first kappa shape index (κ1) is 20.8. The van der Waals surface area contributed by atoms with E-state index in [1.165, 1.54) is 18.2 Å². The van der Waals surface area contributed by atoms with Gasteiger partial charge in [-0.15, -0.1) is 0 Å². The molecule has 2 aromatic heterocycles. The number of hydrogen-bond donors (Lipinski definition) is 0. The predicted octanol–water partition coefficient (Wildman–Crippen LogP) is 6.05. The number of ether oxygens (including phenoxy) is 1. The minimum absolute atomic E-state index is 0.116. The van der Waals surface area contributed by atoms with Crippen LogP contribution in [0.3, 0.4) is 0 Å². The summed E-state index contributed by atoms with van der Waals surface area (Å²) in [4.78, 5) is 11.5. The van der Waals surface area contributed by atoms with Gasteiger partial charge in [-0.2, -0.15) is 5.10 Å². The number of rotatable bonds is 6. The third kappa shape index (κ3) is 4.57. The van der Waals surface area contributed by atoms with Crippen molar-refractivity contribution in [2.75, 3.05) is 6.61 Å². The van der Waals surface area contributed by atoms with E-state index in [4.69, 9.17) is 21.4 Å². The van der Waals surface area contributed by atoms with Crippen LogP contribution in [0.5, 0.6) is 0 Å². The number of hydrogen-bond acceptors (Lipinski definition) is 3. The minimum Gasteiger partial charge on any atom is -0.463 e. The summed E-state index contributed by atoms with van der Waals surface area (Å²) in [6.45, 7) is 6.18. The molecule has 4 nitrogen and oxygen atoms in total. The van der Waals surface area contributed by atoms with Gasteiger partial charge >= 0.3 is 5.97 Å². The van der Waals surface area contributed by atoms with Crippen molar-refractivity contribution in [1.29, 1.82) is 0 Å². The normalized spacial score (nSPS) is 11.9. The number of nitrogens with zero attached hydrogens (tertiary/aromatic N) is 2. The van der Waals surface area contributed by atoms with Crippen molar-refractivity contribution in [2.45, 2.75) is 26.7 Å². The molecular formula is C23H22ClFN2O2. The second-order valence-corrected chi connectivity index (χ2v) is 7.15. The highest BCUT2D eigenvalue weighted by Gasteiger charge is 2.18. The standard InChI is InChI=1S/C23H22ClFN2O2/c1-4-29-21(28)8-6-5-7-18-22(16-9-11-17(25)12-10-16)19-13-14-20(24)27(19)26-23(18)15(2)3/h5-15H,4H2,1-3H3/b7-5+,8-6+. The number of esters is 1. The van der Waals surface area contributed by atoms with Crippen molar-refractivity contribution in [2.24, 2.45) is 0 Å². The second-order valence-electron chi connectivity index (χ2n) is 6.76. The van der Waals surface area contributed by atoms with Gasteiger partial charge in [0.25, 0.3) is 0 Å². The molecule has 0 aliphatic rings. The van der Waals surface area contributed by atoms with Crippen molar-refractivity contribution in [1.82, 2.24) is 9.61 Å². The van der Waals surface area contributed by atoms with E-state index in [9.17, 15) is 9.18 Å². The zero-order valence-electron chi connectivity index (χ0n) is 16.5. The van der Waals surface area contributed by atoms with Crippen LogP contribution in [0.15, 0.2) is 54.6 Å². The Hall–Kier alpha value is -2.92. The summed E-state index contributed by atoms with van der Waals surface area (Å²) in [5.74, 6) is -0.580. The molecule has 0 saturated heterocycles. The van der Waals surface area contributed by atoms with Gasteiger partial charge in [0.1, 0.15) is 11.0 Å². The van der Waals surface area contributed by atoms with Crippen molar-refractivity contribution >= 4 is 29.2 Å². The molecule has 0 spiro atoms. The van der Waals surface area contributed by atoms with Crippen LogP contribution in [0.25, 0.3) is 22.7 Å². The zero-order chi connectivity index (χ0) is 21.0. The van der Waals surface area contributed by atoms with Crippen molar-refractivity contribution in [3.63, 3.8) is 0 Å². The van der Waals surface area contributed by atoms with Gasteiger partial charge in [0.05, 0.1) is 17.8 Å². The van der Waals surface area contributed by atoms with Crippen LogP contribution >= 0.6 is 11.6 Å². The van der Waals surface area contributed by atoms with Gasteiger partial charge in [-0.05, 0) is 42.7 Å².